The van der Waals surface area contributed by atoms with Crippen LogP contribution in [0.2, 0.25) is 0 Å². The highest BCUT2D eigenvalue weighted by molar-refractivity contribution is 5.89. The number of ether oxygens (including phenoxy) is 2. The van der Waals surface area contributed by atoms with Gasteiger partial charge in [-0.2, -0.15) is 0 Å². The van der Waals surface area contributed by atoms with E-state index < -0.39 is 24.5 Å². The maximum Gasteiger partial charge on any atom is 0.322 e. The van der Waals surface area contributed by atoms with Crippen molar-refractivity contribution in [1.82, 2.24) is 10.6 Å². The molecule has 0 aliphatic carbocycles. The van der Waals surface area contributed by atoms with Crippen molar-refractivity contribution in [2.75, 3.05) is 39.5 Å². The van der Waals surface area contributed by atoms with Crippen LogP contribution >= 0.6 is 0 Å². The van der Waals surface area contributed by atoms with Crippen molar-refractivity contribution < 1.29 is 29.0 Å². The summed E-state index contributed by atoms with van der Waals surface area (Å²) in [6.45, 7) is 4.30. The van der Waals surface area contributed by atoms with E-state index in [1.54, 1.807) is 13.8 Å². The lowest BCUT2D eigenvalue weighted by molar-refractivity contribution is -0.138. The van der Waals surface area contributed by atoms with Gasteiger partial charge < -0.3 is 25.2 Å². The highest BCUT2D eigenvalue weighted by Gasteiger charge is 2.24. The summed E-state index contributed by atoms with van der Waals surface area (Å²) in [7, 11) is 0. The molecule has 0 aromatic rings. The summed E-state index contributed by atoms with van der Waals surface area (Å²) in [6.07, 6.45) is 0.0636. The van der Waals surface area contributed by atoms with Crippen molar-refractivity contribution in [2.45, 2.75) is 26.3 Å². The van der Waals surface area contributed by atoms with Crippen LogP contribution in [0.25, 0.3) is 10.4 Å². The molecule has 0 fully saturated rings. The van der Waals surface area contributed by atoms with Gasteiger partial charge in [-0.25, -0.2) is 0 Å². The molecule has 0 radical (unpaired) electrons. The normalized spacial score (nSPS) is 11.5. The summed E-state index contributed by atoms with van der Waals surface area (Å²) in [5.41, 5.74) is 8.07. The molecule has 0 saturated carbocycles. The van der Waals surface area contributed by atoms with Crippen LogP contribution in [0, 0.1) is 5.92 Å². The first-order valence-corrected chi connectivity index (χ1v) is 7.83. The van der Waals surface area contributed by atoms with E-state index in [0.29, 0.717) is 13.2 Å². The number of carbonyl (C=O) groups is 3. The van der Waals surface area contributed by atoms with Gasteiger partial charge in [0.15, 0.2) is 0 Å². The molecule has 142 valence electrons. The Balaban J connectivity index is 3.94. The molecule has 1 atom stereocenters. The van der Waals surface area contributed by atoms with Crippen molar-refractivity contribution in [2.24, 2.45) is 11.0 Å². The van der Waals surface area contributed by atoms with Crippen LogP contribution in [0.3, 0.4) is 0 Å². The van der Waals surface area contributed by atoms with Gasteiger partial charge in [-0.15, -0.1) is 0 Å². The molecule has 3 N–H and O–H groups in total. The first-order chi connectivity index (χ1) is 11.9. The van der Waals surface area contributed by atoms with E-state index in [4.69, 9.17) is 20.1 Å². The van der Waals surface area contributed by atoms with E-state index in [1.165, 1.54) is 0 Å². The van der Waals surface area contributed by atoms with E-state index in [-0.39, 0.29) is 38.0 Å². The third-order valence-electron chi connectivity index (χ3n) is 2.92. The van der Waals surface area contributed by atoms with Crippen LogP contribution in [0.5, 0.6) is 0 Å². The Kier molecular flexibility index (Phi) is 12.7. The fourth-order valence-corrected chi connectivity index (χ4v) is 1.69. The number of amides is 2. The van der Waals surface area contributed by atoms with Crippen molar-refractivity contribution >= 4 is 17.8 Å². The molecule has 2 amide bonds. The zero-order chi connectivity index (χ0) is 19.1. The third kappa shape index (κ3) is 12.7. The standard InChI is InChI=1S/C14H25N5O6/c1-10(2)13(14(23)16-9-12(21)22)18-11(20)3-5-24-7-8-25-6-4-17-19-15/h10,13H,3-9H2,1-2H3,(H,16,23)(H,18,20)(H,21,22)/t13-/m0/s1. The second-order valence-electron chi connectivity index (χ2n) is 5.33. The number of hydrogen-bond donors (Lipinski definition) is 3. The maximum atomic E-state index is 11.9. The Morgan fingerprint density at radius 1 is 1.16 bits per heavy atom. The first-order valence-electron chi connectivity index (χ1n) is 7.83. The minimum atomic E-state index is -1.16. The lowest BCUT2D eigenvalue weighted by atomic mass is 10.0. The molecule has 0 aliphatic rings. The van der Waals surface area contributed by atoms with Gasteiger partial charge in [0.05, 0.1) is 26.4 Å². The van der Waals surface area contributed by atoms with Crippen molar-refractivity contribution in [3.8, 4) is 0 Å². The highest BCUT2D eigenvalue weighted by atomic mass is 16.5. The molecule has 11 heteroatoms. The van der Waals surface area contributed by atoms with Gasteiger partial charge in [-0.05, 0) is 11.4 Å². The number of carboxylic acids is 1. The van der Waals surface area contributed by atoms with Gasteiger partial charge in [-0.3, -0.25) is 14.4 Å². The van der Waals surface area contributed by atoms with E-state index in [1.807, 2.05) is 0 Å². The summed E-state index contributed by atoms with van der Waals surface area (Å²) in [6, 6.07) is -0.809. The molecule has 0 bridgehead atoms. The first kappa shape index (κ1) is 22.6. The van der Waals surface area contributed by atoms with Crippen molar-refractivity contribution in [1.29, 1.82) is 0 Å². The Labute approximate surface area is 145 Å². The Morgan fingerprint density at radius 2 is 1.80 bits per heavy atom. The van der Waals surface area contributed by atoms with Gasteiger partial charge in [0.25, 0.3) is 0 Å². The molecule has 25 heavy (non-hydrogen) atoms. The lowest BCUT2D eigenvalue weighted by Gasteiger charge is -2.21. The molecule has 0 saturated heterocycles. The molecule has 0 aliphatic heterocycles. The Bertz CT molecular complexity index is 478. The monoisotopic (exact) mass is 359 g/mol. The fourth-order valence-electron chi connectivity index (χ4n) is 1.69. The predicted molar refractivity (Wildman–Crippen MR) is 87.7 cm³/mol. The van der Waals surface area contributed by atoms with Crippen LogP contribution in [-0.2, 0) is 23.9 Å². The van der Waals surface area contributed by atoms with E-state index in [0.717, 1.165) is 0 Å². The van der Waals surface area contributed by atoms with Crippen LogP contribution in [0.1, 0.15) is 20.3 Å². The van der Waals surface area contributed by atoms with Crippen LogP contribution in [-0.4, -0.2) is 68.4 Å². The number of aliphatic carboxylic acids is 1. The maximum absolute atomic E-state index is 11.9. The van der Waals surface area contributed by atoms with Crippen molar-refractivity contribution in [3.05, 3.63) is 10.4 Å². The molecular weight excluding hydrogens is 334 g/mol. The van der Waals surface area contributed by atoms with Gasteiger partial charge >= 0.3 is 5.97 Å². The third-order valence-corrected chi connectivity index (χ3v) is 2.92. The Hall–Kier alpha value is -2.36. The predicted octanol–water partition coefficient (Wildman–Crippen LogP) is 0.0616. The summed E-state index contributed by atoms with van der Waals surface area (Å²) in [5.74, 6) is -2.26. The molecule has 0 spiro atoms. The lowest BCUT2D eigenvalue weighted by Crippen LogP contribution is -2.50. The second kappa shape index (κ2) is 14.0. The molecule has 0 rings (SSSR count). The second-order valence-corrected chi connectivity index (χ2v) is 5.33. The molecule has 11 nitrogen and oxygen atoms in total. The van der Waals surface area contributed by atoms with Crippen LogP contribution in [0.4, 0.5) is 0 Å². The SMILES string of the molecule is CC(C)[C@H](NC(=O)CCOCCOCCN=[N+]=[N-])C(=O)NCC(=O)O. The molecule has 0 unspecified atom stereocenters. The minimum absolute atomic E-state index is 0.0636. The number of hydrogen-bond acceptors (Lipinski definition) is 6. The van der Waals surface area contributed by atoms with Gasteiger partial charge in [0.1, 0.15) is 12.6 Å². The highest BCUT2D eigenvalue weighted by Crippen LogP contribution is 2.02. The molecular formula is C14H25N5O6. The average molecular weight is 359 g/mol. The zero-order valence-corrected chi connectivity index (χ0v) is 14.4. The number of nitrogens with one attached hydrogen (secondary N) is 2. The molecule has 0 aromatic heterocycles. The topological polar surface area (TPSA) is 163 Å². The average Bonchev–Trinajstić information content (AvgIpc) is 2.55. The largest absolute Gasteiger partial charge is 0.480 e. The van der Waals surface area contributed by atoms with Gasteiger partial charge in [0.2, 0.25) is 11.8 Å². The number of carboxylic acid groups (broad SMARTS) is 1. The molecule has 0 heterocycles. The smallest absolute Gasteiger partial charge is 0.322 e. The van der Waals surface area contributed by atoms with Crippen molar-refractivity contribution in [3.63, 3.8) is 0 Å². The van der Waals surface area contributed by atoms with Gasteiger partial charge in [0, 0.05) is 17.9 Å². The number of rotatable bonds is 14. The van der Waals surface area contributed by atoms with Crippen LogP contribution in [0.15, 0.2) is 5.11 Å². The van der Waals surface area contributed by atoms with Gasteiger partial charge in [-0.1, -0.05) is 19.0 Å². The summed E-state index contributed by atoms with van der Waals surface area (Å²) < 4.78 is 10.3. The number of nitrogens with zero attached hydrogens (tertiary/aromatic N) is 3. The van der Waals surface area contributed by atoms with Crippen LogP contribution < -0.4 is 10.6 Å². The quantitative estimate of drug-likeness (QED) is 0.172. The number of azide groups is 1. The summed E-state index contributed by atoms with van der Waals surface area (Å²) in [5, 5.41) is 16.7. The fraction of sp³-hybridized carbons (Fsp3) is 0.786. The summed E-state index contributed by atoms with van der Waals surface area (Å²) in [4.78, 5) is 36.8. The zero-order valence-electron chi connectivity index (χ0n) is 14.4. The van der Waals surface area contributed by atoms with E-state index >= 15 is 0 Å². The van der Waals surface area contributed by atoms with E-state index in [2.05, 4.69) is 20.7 Å². The molecule has 0 aromatic carbocycles. The number of carbonyl (C=O) groups excluding carboxylic acids is 2. The minimum Gasteiger partial charge on any atom is -0.480 e. The Morgan fingerprint density at radius 3 is 2.36 bits per heavy atom. The summed E-state index contributed by atoms with van der Waals surface area (Å²) >= 11 is 0. The van der Waals surface area contributed by atoms with E-state index in [9.17, 15) is 14.4 Å².